The SMILES string of the molecule is CC(=O)Br.CC(C)CCCC(C)[C@H]1CC[C@H]2[C@@H]3CC=C4C[C@@H](O)CC[C@]4(C)[C@H]3CC[C@]12C. The van der Waals surface area contributed by atoms with Crippen LogP contribution in [0.2, 0.25) is 0 Å². The smallest absolute Gasteiger partial charge is 0.194 e. The second-order valence-electron chi connectivity index (χ2n) is 12.7. The van der Waals surface area contributed by atoms with Crippen molar-refractivity contribution >= 4 is 20.6 Å². The van der Waals surface area contributed by atoms with Crippen LogP contribution in [-0.2, 0) is 4.79 Å². The van der Waals surface area contributed by atoms with Crippen molar-refractivity contribution in [2.75, 3.05) is 0 Å². The first-order chi connectivity index (χ1) is 15.0. The van der Waals surface area contributed by atoms with Gasteiger partial charge in [-0.05, 0) is 114 Å². The summed E-state index contributed by atoms with van der Waals surface area (Å²) < 4.78 is -0.0208. The summed E-state index contributed by atoms with van der Waals surface area (Å²) in [5.74, 6) is 5.46. The maximum Gasteiger partial charge on any atom is 0.194 e. The predicted octanol–water partition coefficient (Wildman–Crippen LogP) is 8.32. The molecular formula is C29H49BrO2. The number of aliphatic hydroxyl groups is 1. The van der Waals surface area contributed by atoms with E-state index in [9.17, 15) is 9.90 Å². The normalized spacial score (nSPS) is 41.5. The molecule has 0 heterocycles. The fourth-order valence-corrected chi connectivity index (χ4v) is 8.67. The minimum atomic E-state index is -0.0766. The lowest BCUT2D eigenvalue weighted by atomic mass is 9.47. The summed E-state index contributed by atoms with van der Waals surface area (Å²) in [5.41, 5.74) is 2.60. The maximum absolute atomic E-state index is 10.2. The number of carbonyl (C=O) groups excluding carboxylic acids is 1. The molecule has 3 heteroatoms. The molecule has 3 saturated carbocycles. The lowest BCUT2D eigenvalue weighted by Gasteiger charge is -2.58. The molecule has 0 bridgehead atoms. The third-order valence-corrected chi connectivity index (χ3v) is 10.3. The first kappa shape index (κ1) is 26.5. The van der Waals surface area contributed by atoms with Crippen LogP contribution in [0.1, 0.15) is 112 Å². The van der Waals surface area contributed by atoms with Gasteiger partial charge in [-0.25, -0.2) is 0 Å². The molecule has 1 N–H and O–H groups in total. The number of rotatable bonds is 5. The Labute approximate surface area is 206 Å². The van der Waals surface area contributed by atoms with Crippen LogP contribution in [0.3, 0.4) is 0 Å². The van der Waals surface area contributed by atoms with Gasteiger partial charge < -0.3 is 5.11 Å². The van der Waals surface area contributed by atoms with E-state index in [0.29, 0.717) is 10.8 Å². The highest BCUT2D eigenvalue weighted by Crippen LogP contribution is 2.67. The number of carbonyl (C=O) groups is 1. The van der Waals surface area contributed by atoms with E-state index in [1.54, 1.807) is 5.57 Å². The molecule has 184 valence electrons. The second-order valence-corrected chi connectivity index (χ2v) is 13.8. The Morgan fingerprint density at radius 3 is 2.44 bits per heavy atom. The summed E-state index contributed by atoms with van der Waals surface area (Å²) in [6.45, 7) is 14.0. The zero-order valence-electron chi connectivity index (χ0n) is 21.6. The van der Waals surface area contributed by atoms with Crippen LogP contribution in [0.25, 0.3) is 0 Å². The van der Waals surface area contributed by atoms with Gasteiger partial charge in [-0.15, -0.1) is 0 Å². The van der Waals surface area contributed by atoms with Gasteiger partial charge in [-0.2, -0.15) is 0 Å². The van der Waals surface area contributed by atoms with Gasteiger partial charge in [0.25, 0.3) is 0 Å². The van der Waals surface area contributed by atoms with Crippen LogP contribution in [-0.4, -0.2) is 15.9 Å². The third kappa shape index (κ3) is 5.40. The van der Waals surface area contributed by atoms with E-state index < -0.39 is 0 Å². The number of aliphatic hydroxyl groups excluding tert-OH is 1. The van der Waals surface area contributed by atoms with Crippen molar-refractivity contribution in [3.8, 4) is 0 Å². The Hall–Kier alpha value is -0.150. The van der Waals surface area contributed by atoms with Gasteiger partial charge in [-0.1, -0.05) is 65.5 Å². The van der Waals surface area contributed by atoms with Crippen LogP contribution in [0.4, 0.5) is 0 Å². The molecule has 32 heavy (non-hydrogen) atoms. The number of allylic oxidation sites excluding steroid dienone is 1. The van der Waals surface area contributed by atoms with Gasteiger partial charge in [-0.3, -0.25) is 4.79 Å². The van der Waals surface area contributed by atoms with Crippen LogP contribution in [0.15, 0.2) is 11.6 Å². The van der Waals surface area contributed by atoms with E-state index >= 15 is 0 Å². The lowest BCUT2D eigenvalue weighted by Crippen LogP contribution is -2.50. The molecule has 0 spiro atoms. The Kier molecular flexibility index (Phi) is 8.79. The van der Waals surface area contributed by atoms with E-state index in [0.717, 1.165) is 48.3 Å². The topological polar surface area (TPSA) is 37.3 Å². The minimum Gasteiger partial charge on any atom is -0.393 e. The molecule has 4 rings (SSSR count). The quantitative estimate of drug-likeness (QED) is 0.299. The van der Waals surface area contributed by atoms with Crippen molar-refractivity contribution in [2.45, 2.75) is 118 Å². The predicted molar refractivity (Wildman–Crippen MR) is 139 cm³/mol. The van der Waals surface area contributed by atoms with Crippen LogP contribution < -0.4 is 0 Å². The molecule has 4 aliphatic carbocycles. The minimum absolute atomic E-state index is 0.0208. The van der Waals surface area contributed by atoms with Crippen molar-refractivity contribution in [3.05, 3.63) is 11.6 Å². The second kappa shape index (κ2) is 10.6. The summed E-state index contributed by atoms with van der Waals surface area (Å²) in [6, 6.07) is 0. The molecule has 8 atom stereocenters. The summed E-state index contributed by atoms with van der Waals surface area (Å²) in [5, 5.41) is 10.2. The van der Waals surface area contributed by atoms with Crippen molar-refractivity contribution < 1.29 is 9.90 Å². The fourth-order valence-electron chi connectivity index (χ4n) is 8.67. The maximum atomic E-state index is 10.2. The Bertz CT molecular complexity index is 681. The highest BCUT2D eigenvalue weighted by Gasteiger charge is 2.59. The van der Waals surface area contributed by atoms with E-state index in [1.807, 2.05) is 0 Å². The first-order valence-electron chi connectivity index (χ1n) is 13.5. The van der Waals surface area contributed by atoms with Crippen molar-refractivity contribution in [3.63, 3.8) is 0 Å². The van der Waals surface area contributed by atoms with Gasteiger partial charge >= 0.3 is 0 Å². The largest absolute Gasteiger partial charge is 0.393 e. The van der Waals surface area contributed by atoms with Gasteiger partial charge in [0.05, 0.1) is 6.10 Å². The van der Waals surface area contributed by atoms with E-state index in [1.165, 1.54) is 64.7 Å². The number of hydrogen-bond acceptors (Lipinski definition) is 2. The molecular weight excluding hydrogens is 460 g/mol. The van der Waals surface area contributed by atoms with Gasteiger partial charge in [0, 0.05) is 6.92 Å². The third-order valence-electron chi connectivity index (χ3n) is 10.3. The number of hydrogen-bond donors (Lipinski definition) is 1. The van der Waals surface area contributed by atoms with Crippen molar-refractivity contribution in [2.24, 2.45) is 46.3 Å². The molecule has 0 saturated heterocycles. The Balaban J connectivity index is 0.000000668. The molecule has 1 unspecified atom stereocenters. The summed E-state index contributed by atoms with van der Waals surface area (Å²) >= 11 is 2.63. The van der Waals surface area contributed by atoms with Gasteiger partial charge in [0.2, 0.25) is 0 Å². The van der Waals surface area contributed by atoms with Gasteiger partial charge in [0.15, 0.2) is 4.69 Å². The molecule has 0 aromatic rings. The number of fused-ring (bicyclic) bond motifs is 5. The Morgan fingerprint density at radius 2 is 1.78 bits per heavy atom. The molecule has 0 amide bonds. The molecule has 4 aliphatic rings. The first-order valence-corrected chi connectivity index (χ1v) is 14.3. The molecule has 0 aromatic carbocycles. The zero-order chi connectivity index (χ0) is 23.7. The summed E-state index contributed by atoms with van der Waals surface area (Å²) in [6.07, 6.45) is 17.2. The van der Waals surface area contributed by atoms with Crippen molar-refractivity contribution in [1.82, 2.24) is 0 Å². The molecule has 2 nitrogen and oxygen atoms in total. The highest BCUT2D eigenvalue weighted by atomic mass is 79.9. The summed E-state index contributed by atoms with van der Waals surface area (Å²) in [7, 11) is 0. The fraction of sp³-hybridized carbons (Fsp3) is 0.897. The average molecular weight is 510 g/mol. The summed E-state index contributed by atoms with van der Waals surface area (Å²) in [4.78, 5) is 9.36. The molecule has 0 aromatic heterocycles. The zero-order valence-corrected chi connectivity index (χ0v) is 23.2. The Morgan fingerprint density at radius 1 is 1.09 bits per heavy atom. The molecule has 0 radical (unpaired) electrons. The van der Waals surface area contributed by atoms with Gasteiger partial charge in [0.1, 0.15) is 0 Å². The number of halogens is 1. The standard InChI is InChI=1S/C27H46O.C2H3BrO/c1-18(2)7-6-8-19(3)23-11-12-24-22-10-9-20-17-21(28)13-15-26(20,4)25(22)14-16-27(23,24)5;1-2(3)4/h9,18-19,21-25,28H,6-8,10-17H2,1-5H3;1H3/t19?,21-,22-,23+,24-,25-,26-,27+;/m0./s1. The van der Waals surface area contributed by atoms with Crippen LogP contribution in [0.5, 0.6) is 0 Å². The van der Waals surface area contributed by atoms with Crippen LogP contribution >= 0.6 is 15.9 Å². The van der Waals surface area contributed by atoms with Crippen molar-refractivity contribution in [1.29, 1.82) is 0 Å². The monoisotopic (exact) mass is 508 g/mol. The van der Waals surface area contributed by atoms with Crippen LogP contribution in [0, 0.1) is 46.3 Å². The van der Waals surface area contributed by atoms with E-state index in [-0.39, 0.29) is 10.8 Å². The molecule has 3 fully saturated rings. The lowest BCUT2D eigenvalue weighted by molar-refractivity contribution is -0.108. The van der Waals surface area contributed by atoms with E-state index in [2.05, 4.69) is 56.6 Å². The van der Waals surface area contributed by atoms with E-state index in [4.69, 9.17) is 0 Å². The highest BCUT2D eigenvalue weighted by molar-refractivity contribution is 9.18. The molecule has 0 aliphatic heterocycles. The average Bonchev–Trinajstić information content (AvgIpc) is 3.05.